The lowest BCUT2D eigenvalue weighted by molar-refractivity contribution is -0.160. The third-order valence-electron chi connectivity index (χ3n) is 3.24. The van der Waals surface area contributed by atoms with E-state index >= 15 is 0 Å². The van der Waals surface area contributed by atoms with Crippen LogP contribution in [-0.2, 0) is 19.1 Å². The Bertz CT molecular complexity index is 558. The van der Waals surface area contributed by atoms with Gasteiger partial charge in [0.2, 0.25) is 0 Å². The maximum absolute atomic E-state index is 11.9. The minimum atomic E-state index is -0.731. The van der Waals surface area contributed by atoms with E-state index in [4.69, 9.17) is 14.2 Å². The van der Waals surface area contributed by atoms with Crippen LogP contribution in [0.1, 0.15) is 12.5 Å². The average molecular weight is 335 g/mol. The van der Waals surface area contributed by atoms with Gasteiger partial charge < -0.3 is 19.1 Å². The number of likely N-dealkylation sites (N-methyl/N-ethyl adjacent to an activating group) is 1. The first kappa shape index (κ1) is 19.7. The van der Waals surface area contributed by atoms with Gasteiger partial charge in [0.15, 0.2) is 12.7 Å². The quantitative estimate of drug-likeness (QED) is 0.483. The first-order chi connectivity index (χ1) is 11.4. The van der Waals surface area contributed by atoms with Gasteiger partial charge in [-0.1, -0.05) is 18.2 Å². The van der Waals surface area contributed by atoms with Gasteiger partial charge in [0, 0.05) is 7.05 Å². The van der Waals surface area contributed by atoms with E-state index in [0.29, 0.717) is 13.2 Å². The van der Waals surface area contributed by atoms with Crippen LogP contribution in [-0.4, -0.2) is 56.3 Å². The van der Waals surface area contributed by atoms with Crippen LogP contribution >= 0.6 is 0 Å². The highest BCUT2D eigenvalue weighted by molar-refractivity contribution is 5.81. The van der Waals surface area contributed by atoms with Crippen molar-refractivity contribution in [2.75, 3.05) is 33.4 Å². The van der Waals surface area contributed by atoms with Crippen LogP contribution in [0.25, 0.3) is 0 Å². The van der Waals surface area contributed by atoms with E-state index in [1.54, 1.807) is 14.0 Å². The molecule has 0 aromatic heterocycles. The molecule has 132 valence electrons. The predicted molar refractivity (Wildman–Crippen MR) is 90.9 cm³/mol. The predicted octanol–water partition coefficient (Wildman–Crippen LogP) is 1.97. The van der Waals surface area contributed by atoms with Gasteiger partial charge in [0.05, 0.1) is 13.2 Å². The van der Waals surface area contributed by atoms with Gasteiger partial charge in [-0.25, -0.2) is 4.79 Å². The molecule has 1 atom stereocenters. The van der Waals surface area contributed by atoms with Gasteiger partial charge in [-0.05, 0) is 31.5 Å². The smallest absolute Gasteiger partial charge is 0.335 e. The fraction of sp³-hybridized carbons (Fsp3) is 0.444. The molecule has 0 saturated heterocycles. The largest absolute Gasteiger partial charge is 0.492 e. The van der Waals surface area contributed by atoms with Crippen molar-refractivity contribution in [2.45, 2.75) is 20.0 Å². The molecule has 0 spiro atoms. The van der Waals surface area contributed by atoms with Crippen LogP contribution in [0.4, 0.5) is 0 Å². The topological polar surface area (TPSA) is 65.1 Å². The van der Waals surface area contributed by atoms with E-state index in [9.17, 15) is 9.59 Å². The maximum Gasteiger partial charge on any atom is 0.335 e. The Labute approximate surface area is 143 Å². The molecule has 0 saturated carbocycles. The second-order valence-electron chi connectivity index (χ2n) is 5.35. The zero-order valence-corrected chi connectivity index (χ0v) is 14.5. The Morgan fingerprint density at radius 2 is 2.12 bits per heavy atom. The molecular weight excluding hydrogens is 310 g/mol. The summed E-state index contributed by atoms with van der Waals surface area (Å²) in [6.45, 7) is 7.73. The van der Waals surface area contributed by atoms with E-state index in [-0.39, 0.29) is 19.1 Å². The lowest BCUT2D eigenvalue weighted by Gasteiger charge is -2.18. The Hall–Kier alpha value is -2.34. The number of hydrogen-bond donors (Lipinski definition) is 0. The molecule has 0 N–H and O–H groups in total. The first-order valence-electron chi connectivity index (χ1n) is 7.76. The number of hydrogen-bond acceptors (Lipinski definition) is 5. The Morgan fingerprint density at radius 1 is 1.38 bits per heavy atom. The van der Waals surface area contributed by atoms with Gasteiger partial charge in [-0.15, -0.1) is 6.58 Å². The number of benzene rings is 1. The van der Waals surface area contributed by atoms with E-state index in [0.717, 1.165) is 11.3 Å². The minimum absolute atomic E-state index is 0.250. The Kier molecular flexibility index (Phi) is 8.57. The van der Waals surface area contributed by atoms with Crippen molar-refractivity contribution in [3.05, 3.63) is 42.5 Å². The number of carbonyl (C=O) groups excluding carboxylic acids is 2. The van der Waals surface area contributed by atoms with Crippen LogP contribution in [0.15, 0.2) is 36.9 Å². The Balaban J connectivity index is 2.27. The van der Waals surface area contributed by atoms with Crippen molar-refractivity contribution in [2.24, 2.45) is 0 Å². The molecule has 6 heteroatoms. The van der Waals surface area contributed by atoms with Gasteiger partial charge in [0.25, 0.3) is 5.91 Å². The van der Waals surface area contributed by atoms with Crippen LogP contribution in [0.2, 0.25) is 0 Å². The number of carbonyl (C=O) groups is 2. The molecule has 6 nitrogen and oxygen atoms in total. The standard InChI is InChI=1S/C18H25NO5/c1-5-10-22-15(3)18(21)24-13-17(20)19(4)9-11-23-16-8-6-7-14(2)12-16/h5-8,12,15H,1,9-11,13H2,2-4H3. The van der Waals surface area contributed by atoms with E-state index in [1.807, 2.05) is 31.2 Å². The number of ether oxygens (including phenoxy) is 3. The molecule has 0 aliphatic heterocycles. The van der Waals surface area contributed by atoms with Gasteiger partial charge >= 0.3 is 5.97 Å². The molecule has 0 bridgehead atoms. The fourth-order valence-electron chi connectivity index (χ4n) is 1.77. The molecular formula is C18H25NO5. The number of rotatable bonds is 10. The van der Waals surface area contributed by atoms with Gasteiger partial charge in [0.1, 0.15) is 12.4 Å². The molecule has 0 aliphatic rings. The minimum Gasteiger partial charge on any atom is -0.492 e. The number of aryl methyl sites for hydroxylation is 1. The monoisotopic (exact) mass is 335 g/mol. The molecule has 24 heavy (non-hydrogen) atoms. The summed E-state index contributed by atoms with van der Waals surface area (Å²) in [6.07, 6.45) is 0.808. The second kappa shape index (κ2) is 10.4. The van der Waals surface area contributed by atoms with Gasteiger partial charge in [-0.3, -0.25) is 4.79 Å². The molecule has 1 rings (SSSR count). The van der Waals surface area contributed by atoms with Crippen LogP contribution in [0, 0.1) is 6.92 Å². The molecule has 1 amide bonds. The third kappa shape index (κ3) is 7.28. The normalized spacial score (nSPS) is 11.5. The highest BCUT2D eigenvalue weighted by Crippen LogP contribution is 2.12. The summed E-state index contributed by atoms with van der Waals surface area (Å²) >= 11 is 0. The van der Waals surface area contributed by atoms with Crippen molar-refractivity contribution >= 4 is 11.9 Å². The third-order valence-corrected chi connectivity index (χ3v) is 3.24. The zero-order valence-electron chi connectivity index (χ0n) is 14.5. The van der Waals surface area contributed by atoms with E-state index < -0.39 is 12.1 Å². The summed E-state index contributed by atoms with van der Waals surface area (Å²) in [5.74, 6) is -0.114. The molecule has 1 aromatic rings. The lowest BCUT2D eigenvalue weighted by Crippen LogP contribution is -2.35. The SMILES string of the molecule is C=CCOC(C)C(=O)OCC(=O)N(C)CCOc1cccc(C)c1. The summed E-state index contributed by atoms with van der Waals surface area (Å²) < 4.78 is 15.7. The molecule has 0 fully saturated rings. The number of nitrogens with zero attached hydrogens (tertiary/aromatic N) is 1. The van der Waals surface area contributed by atoms with Gasteiger partial charge in [-0.2, -0.15) is 0 Å². The van der Waals surface area contributed by atoms with E-state index in [2.05, 4.69) is 6.58 Å². The number of amides is 1. The summed E-state index contributed by atoms with van der Waals surface area (Å²) in [6, 6.07) is 7.68. The molecule has 0 radical (unpaired) electrons. The summed E-state index contributed by atoms with van der Waals surface area (Å²) in [5.41, 5.74) is 1.11. The van der Waals surface area contributed by atoms with Crippen LogP contribution < -0.4 is 4.74 Å². The van der Waals surface area contributed by atoms with E-state index in [1.165, 1.54) is 11.0 Å². The number of esters is 1. The van der Waals surface area contributed by atoms with Crippen molar-refractivity contribution in [3.8, 4) is 5.75 Å². The van der Waals surface area contributed by atoms with Crippen molar-refractivity contribution in [1.82, 2.24) is 4.90 Å². The lowest BCUT2D eigenvalue weighted by atomic mass is 10.2. The highest BCUT2D eigenvalue weighted by atomic mass is 16.6. The maximum atomic E-state index is 11.9. The molecule has 1 aromatic carbocycles. The summed E-state index contributed by atoms with van der Waals surface area (Å²) in [5, 5.41) is 0. The molecule has 0 aliphatic carbocycles. The van der Waals surface area contributed by atoms with Crippen molar-refractivity contribution in [1.29, 1.82) is 0 Å². The molecule has 1 unspecified atom stereocenters. The highest BCUT2D eigenvalue weighted by Gasteiger charge is 2.17. The molecule has 0 heterocycles. The second-order valence-corrected chi connectivity index (χ2v) is 5.35. The summed E-state index contributed by atoms with van der Waals surface area (Å²) in [7, 11) is 1.63. The van der Waals surface area contributed by atoms with Crippen molar-refractivity contribution in [3.63, 3.8) is 0 Å². The van der Waals surface area contributed by atoms with Crippen LogP contribution in [0.3, 0.4) is 0 Å². The fourth-order valence-corrected chi connectivity index (χ4v) is 1.77. The average Bonchev–Trinajstić information content (AvgIpc) is 2.57. The Morgan fingerprint density at radius 3 is 2.79 bits per heavy atom. The van der Waals surface area contributed by atoms with Crippen LogP contribution in [0.5, 0.6) is 5.75 Å². The summed E-state index contributed by atoms with van der Waals surface area (Å²) in [4.78, 5) is 25.0. The zero-order chi connectivity index (χ0) is 17.9. The van der Waals surface area contributed by atoms with Crippen molar-refractivity contribution < 1.29 is 23.8 Å². The first-order valence-corrected chi connectivity index (χ1v) is 7.76.